The molecule has 12 heteroatoms. The summed E-state index contributed by atoms with van der Waals surface area (Å²) in [5, 5.41) is 0. The van der Waals surface area contributed by atoms with Crippen molar-refractivity contribution in [3.05, 3.63) is 82.7 Å². The van der Waals surface area contributed by atoms with Gasteiger partial charge in [0, 0.05) is 31.5 Å². The Hall–Kier alpha value is -4.09. The Balaban J connectivity index is 1.52. The molecule has 0 radical (unpaired) electrons. The number of carbonyl (C=O) groups is 2. The van der Waals surface area contributed by atoms with E-state index in [0.29, 0.717) is 11.3 Å². The zero-order valence-electron chi connectivity index (χ0n) is 19.2. The molecule has 1 amide bonds. The molecule has 190 valence electrons. The number of nitrogens with zero attached hydrogens (tertiary/aromatic N) is 3. The van der Waals surface area contributed by atoms with Gasteiger partial charge < -0.3 is 14.4 Å². The van der Waals surface area contributed by atoms with Gasteiger partial charge in [0.2, 0.25) is 29.1 Å². The van der Waals surface area contributed by atoms with E-state index in [0.717, 1.165) is 0 Å². The molecular formula is C24H20F5N3O4. The number of amides is 1. The predicted octanol–water partition coefficient (Wildman–Crippen LogP) is 4.15. The number of hydrogen-bond donors (Lipinski definition) is 0. The minimum atomic E-state index is -2.28. The Kier molecular flexibility index (Phi) is 8.51. The first-order valence-corrected chi connectivity index (χ1v) is 10.5. The second-order valence-corrected chi connectivity index (χ2v) is 7.54. The SMILES string of the molecule is COc1ccc(C(=O)Cc2ncc(C(=O)N(C)CCCOc3c(F)c(F)c(F)c(F)c3F)cn2)cc1. The molecule has 0 aliphatic heterocycles. The molecule has 3 aromatic rings. The third-order valence-corrected chi connectivity index (χ3v) is 5.08. The van der Waals surface area contributed by atoms with Crippen molar-refractivity contribution in [2.24, 2.45) is 0 Å². The van der Waals surface area contributed by atoms with Gasteiger partial charge in [-0.05, 0) is 30.7 Å². The quantitative estimate of drug-likeness (QED) is 0.134. The fourth-order valence-electron chi connectivity index (χ4n) is 3.09. The second-order valence-electron chi connectivity index (χ2n) is 7.54. The number of halogens is 5. The van der Waals surface area contributed by atoms with Gasteiger partial charge in [0.15, 0.2) is 11.5 Å². The molecule has 0 aliphatic carbocycles. The van der Waals surface area contributed by atoms with Crippen LogP contribution < -0.4 is 9.47 Å². The summed E-state index contributed by atoms with van der Waals surface area (Å²) in [6, 6.07) is 6.53. The Bertz CT molecular complexity index is 1230. The molecule has 36 heavy (non-hydrogen) atoms. The van der Waals surface area contributed by atoms with Crippen LogP contribution in [0.15, 0.2) is 36.7 Å². The fraction of sp³-hybridized carbons (Fsp3) is 0.250. The first kappa shape index (κ1) is 26.5. The van der Waals surface area contributed by atoms with Gasteiger partial charge in [-0.1, -0.05) is 0 Å². The second kappa shape index (κ2) is 11.6. The molecule has 0 bridgehead atoms. The minimum Gasteiger partial charge on any atom is -0.497 e. The van der Waals surface area contributed by atoms with E-state index in [1.165, 1.54) is 31.5 Å². The molecule has 7 nitrogen and oxygen atoms in total. The molecule has 3 rings (SSSR count). The van der Waals surface area contributed by atoms with Crippen LogP contribution in [0.2, 0.25) is 0 Å². The monoisotopic (exact) mass is 509 g/mol. The summed E-state index contributed by atoms with van der Waals surface area (Å²) in [5.41, 5.74) is 0.575. The Morgan fingerprint density at radius 1 is 0.861 bits per heavy atom. The normalized spacial score (nSPS) is 10.8. The number of hydrogen-bond acceptors (Lipinski definition) is 6. The number of ketones is 1. The van der Waals surface area contributed by atoms with Gasteiger partial charge >= 0.3 is 0 Å². The van der Waals surface area contributed by atoms with Gasteiger partial charge in [-0.15, -0.1) is 0 Å². The molecule has 0 atom stereocenters. The smallest absolute Gasteiger partial charge is 0.256 e. The van der Waals surface area contributed by atoms with E-state index >= 15 is 0 Å². The van der Waals surface area contributed by atoms with E-state index in [1.54, 1.807) is 24.3 Å². The van der Waals surface area contributed by atoms with Crippen LogP contribution >= 0.6 is 0 Å². The molecular weight excluding hydrogens is 489 g/mol. The third kappa shape index (κ3) is 5.93. The molecule has 1 aromatic heterocycles. The summed E-state index contributed by atoms with van der Waals surface area (Å²) in [7, 11) is 2.95. The zero-order valence-corrected chi connectivity index (χ0v) is 19.2. The fourth-order valence-corrected chi connectivity index (χ4v) is 3.09. The molecule has 0 fully saturated rings. The molecule has 0 N–H and O–H groups in total. The summed E-state index contributed by atoms with van der Waals surface area (Å²) in [4.78, 5) is 34.2. The van der Waals surface area contributed by atoms with Crippen molar-refractivity contribution in [1.82, 2.24) is 14.9 Å². The van der Waals surface area contributed by atoms with Crippen molar-refractivity contribution >= 4 is 11.7 Å². The van der Waals surface area contributed by atoms with Crippen molar-refractivity contribution in [3.63, 3.8) is 0 Å². The number of benzene rings is 2. The van der Waals surface area contributed by atoms with Crippen LogP contribution in [0.25, 0.3) is 0 Å². The maximum Gasteiger partial charge on any atom is 0.256 e. The average molecular weight is 509 g/mol. The Morgan fingerprint density at radius 2 is 1.42 bits per heavy atom. The van der Waals surface area contributed by atoms with E-state index in [1.807, 2.05) is 0 Å². The largest absolute Gasteiger partial charge is 0.497 e. The van der Waals surface area contributed by atoms with Gasteiger partial charge in [0.05, 0.1) is 25.7 Å². The highest BCUT2D eigenvalue weighted by Gasteiger charge is 2.27. The first-order chi connectivity index (χ1) is 17.1. The number of carbonyl (C=O) groups excluding carboxylic acids is 2. The van der Waals surface area contributed by atoms with E-state index in [4.69, 9.17) is 9.47 Å². The van der Waals surface area contributed by atoms with Gasteiger partial charge in [-0.2, -0.15) is 8.78 Å². The third-order valence-electron chi connectivity index (χ3n) is 5.08. The number of aromatic nitrogens is 2. The van der Waals surface area contributed by atoms with Crippen molar-refractivity contribution in [2.75, 3.05) is 27.3 Å². The van der Waals surface area contributed by atoms with Crippen LogP contribution in [0.4, 0.5) is 22.0 Å². The average Bonchev–Trinajstić information content (AvgIpc) is 2.90. The van der Waals surface area contributed by atoms with Gasteiger partial charge in [-0.3, -0.25) is 9.59 Å². The highest BCUT2D eigenvalue weighted by Crippen LogP contribution is 2.29. The van der Waals surface area contributed by atoms with E-state index in [9.17, 15) is 31.5 Å². The molecule has 0 unspecified atom stereocenters. The molecule has 0 spiro atoms. The molecule has 2 aromatic carbocycles. The molecule has 0 aliphatic rings. The number of methoxy groups -OCH3 is 1. The highest BCUT2D eigenvalue weighted by atomic mass is 19.2. The Morgan fingerprint density at radius 3 is 1.97 bits per heavy atom. The topological polar surface area (TPSA) is 81.6 Å². The van der Waals surface area contributed by atoms with Crippen molar-refractivity contribution in [2.45, 2.75) is 12.8 Å². The van der Waals surface area contributed by atoms with Crippen LogP contribution in [0.3, 0.4) is 0 Å². The predicted molar refractivity (Wildman–Crippen MR) is 116 cm³/mol. The standard InChI is InChI=1S/C24H20F5N3O4/c1-32(8-3-9-36-23-21(28)19(26)18(25)20(27)22(23)29)24(34)14-11-30-17(31-12-14)10-16(33)13-4-6-15(35-2)7-5-13/h4-7,11-12H,3,8-10H2,1-2H3. The first-order valence-electron chi connectivity index (χ1n) is 10.5. The minimum absolute atomic E-state index is 0.0248. The van der Waals surface area contributed by atoms with Crippen LogP contribution in [0.1, 0.15) is 33.0 Å². The van der Waals surface area contributed by atoms with E-state index in [-0.39, 0.29) is 36.6 Å². The Labute approximate surface area is 202 Å². The van der Waals surface area contributed by atoms with Gasteiger partial charge in [0.1, 0.15) is 11.6 Å². The summed E-state index contributed by atoms with van der Waals surface area (Å²) in [5.74, 6) is -11.9. The molecule has 0 saturated carbocycles. The van der Waals surface area contributed by atoms with Gasteiger partial charge in [-0.25, -0.2) is 23.1 Å². The van der Waals surface area contributed by atoms with Crippen LogP contribution in [-0.2, 0) is 6.42 Å². The molecule has 0 saturated heterocycles. The summed E-state index contributed by atoms with van der Waals surface area (Å²) in [6.07, 6.45) is 2.46. The van der Waals surface area contributed by atoms with Crippen LogP contribution in [-0.4, -0.2) is 53.9 Å². The maximum atomic E-state index is 13.6. The number of rotatable bonds is 10. The molecule has 1 heterocycles. The lowest BCUT2D eigenvalue weighted by Gasteiger charge is -2.17. The summed E-state index contributed by atoms with van der Waals surface area (Å²) in [6.45, 7) is -0.384. The lowest BCUT2D eigenvalue weighted by Crippen LogP contribution is -2.29. The highest BCUT2D eigenvalue weighted by molar-refractivity contribution is 5.97. The van der Waals surface area contributed by atoms with Crippen LogP contribution in [0, 0.1) is 29.1 Å². The lowest BCUT2D eigenvalue weighted by atomic mass is 10.1. The van der Waals surface area contributed by atoms with Crippen molar-refractivity contribution < 1.29 is 41.0 Å². The van der Waals surface area contributed by atoms with E-state index in [2.05, 4.69) is 9.97 Å². The zero-order chi connectivity index (χ0) is 26.4. The lowest BCUT2D eigenvalue weighted by molar-refractivity contribution is 0.0786. The summed E-state index contributed by atoms with van der Waals surface area (Å²) < 4.78 is 76.5. The van der Waals surface area contributed by atoms with Crippen molar-refractivity contribution in [3.8, 4) is 11.5 Å². The summed E-state index contributed by atoms with van der Waals surface area (Å²) >= 11 is 0. The number of Topliss-reactive ketones (excluding diaryl/α,β-unsaturated/α-hetero) is 1. The van der Waals surface area contributed by atoms with E-state index < -0.39 is 47.3 Å². The maximum absolute atomic E-state index is 13.6. The number of ether oxygens (including phenoxy) is 2. The van der Waals surface area contributed by atoms with Gasteiger partial charge in [0.25, 0.3) is 5.91 Å². The van der Waals surface area contributed by atoms with Crippen LogP contribution in [0.5, 0.6) is 11.5 Å². The van der Waals surface area contributed by atoms with Crippen molar-refractivity contribution in [1.29, 1.82) is 0 Å².